The number of aliphatic carboxylic acids is 1. The van der Waals surface area contributed by atoms with Crippen LogP contribution in [0.5, 0.6) is 0 Å². The lowest BCUT2D eigenvalue weighted by Crippen LogP contribution is -2.51. The standard InChI is InChI=1S/C12H23N3O4/c1-5-6-13-11(19)14-9(16)7-15(8-10(17)18)12(2,3)4/h5-8H2,1-4H3,(H,17,18)(H2,13,14,16,19). The van der Waals surface area contributed by atoms with Crippen molar-refractivity contribution in [3.05, 3.63) is 0 Å². The van der Waals surface area contributed by atoms with Crippen molar-refractivity contribution in [2.24, 2.45) is 0 Å². The highest BCUT2D eigenvalue weighted by Crippen LogP contribution is 2.11. The lowest BCUT2D eigenvalue weighted by atomic mass is 10.1. The summed E-state index contributed by atoms with van der Waals surface area (Å²) in [6, 6.07) is -0.559. The molecule has 0 aromatic heterocycles. The Morgan fingerprint density at radius 2 is 1.74 bits per heavy atom. The Morgan fingerprint density at radius 3 is 2.16 bits per heavy atom. The maximum atomic E-state index is 11.6. The summed E-state index contributed by atoms with van der Waals surface area (Å²) in [5.41, 5.74) is -0.477. The molecule has 0 heterocycles. The summed E-state index contributed by atoms with van der Waals surface area (Å²) in [6.45, 7) is 7.40. The predicted molar refractivity (Wildman–Crippen MR) is 70.8 cm³/mol. The molecule has 0 unspecified atom stereocenters. The molecule has 0 atom stereocenters. The van der Waals surface area contributed by atoms with E-state index in [9.17, 15) is 14.4 Å². The van der Waals surface area contributed by atoms with Crippen LogP contribution in [0, 0.1) is 0 Å². The lowest BCUT2D eigenvalue weighted by Gasteiger charge is -2.33. The van der Waals surface area contributed by atoms with E-state index >= 15 is 0 Å². The molecule has 0 radical (unpaired) electrons. The molecule has 0 saturated heterocycles. The zero-order valence-corrected chi connectivity index (χ0v) is 11.9. The molecular formula is C12H23N3O4. The molecule has 3 N–H and O–H groups in total. The van der Waals surface area contributed by atoms with Gasteiger partial charge in [-0.15, -0.1) is 0 Å². The molecule has 110 valence electrons. The molecule has 0 bridgehead atoms. The summed E-state index contributed by atoms with van der Waals surface area (Å²) in [4.78, 5) is 35.2. The van der Waals surface area contributed by atoms with Crippen LogP contribution in [0.3, 0.4) is 0 Å². The van der Waals surface area contributed by atoms with E-state index in [4.69, 9.17) is 5.11 Å². The molecule has 3 amide bonds. The van der Waals surface area contributed by atoms with Gasteiger partial charge in [-0.05, 0) is 27.2 Å². The van der Waals surface area contributed by atoms with Gasteiger partial charge in [0, 0.05) is 12.1 Å². The number of urea groups is 1. The molecule has 0 aromatic carbocycles. The van der Waals surface area contributed by atoms with Crippen LogP contribution in [0.15, 0.2) is 0 Å². The quantitative estimate of drug-likeness (QED) is 0.651. The first kappa shape index (κ1) is 17.4. The molecule has 0 rings (SSSR count). The molecule has 0 aromatic rings. The smallest absolute Gasteiger partial charge is 0.321 e. The van der Waals surface area contributed by atoms with Crippen molar-refractivity contribution in [1.82, 2.24) is 15.5 Å². The Hall–Kier alpha value is -1.63. The Kier molecular flexibility index (Phi) is 7.06. The van der Waals surface area contributed by atoms with E-state index in [1.807, 2.05) is 6.92 Å². The van der Waals surface area contributed by atoms with Crippen LogP contribution in [0.4, 0.5) is 4.79 Å². The second-order valence-corrected chi connectivity index (χ2v) is 5.22. The Bertz CT molecular complexity index is 336. The third-order valence-corrected chi connectivity index (χ3v) is 2.40. The highest BCUT2D eigenvalue weighted by Gasteiger charge is 2.26. The number of amides is 3. The minimum absolute atomic E-state index is 0.144. The van der Waals surface area contributed by atoms with Crippen molar-refractivity contribution in [3.8, 4) is 0 Å². The van der Waals surface area contributed by atoms with Gasteiger partial charge >= 0.3 is 12.0 Å². The number of nitrogens with zero attached hydrogens (tertiary/aromatic N) is 1. The number of carbonyl (C=O) groups is 3. The summed E-state index contributed by atoms with van der Waals surface area (Å²) in [5, 5.41) is 13.5. The monoisotopic (exact) mass is 273 g/mol. The zero-order valence-electron chi connectivity index (χ0n) is 11.9. The Morgan fingerprint density at radius 1 is 1.16 bits per heavy atom. The zero-order chi connectivity index (χ0) is 15.1. The largest absolute Gasteiger partial charge is 0.480 e. The fourth-order valence-corrected chi connectivity index (χ4v) is 1.32. The van der Waals surface area contributed by atoms with Crippen molar-refractivity contribution in [2.75, 3.05) is 19.6 Å². The maximum absolute atomic E-state index is 11.6. The van der Waals surface area contributed by atoms with E-state index in [2.05, 4.69) is 10.6 Å². The van der Waals surface area contributed by atoms with Crippen LogP contribution < -0.4 is 10.6 Å². The predicted octanol–water partition coefficient (Wildman–Crippen LogP) is 0.407. The van der Waals surface area contributed by atoms with Crippen molar-refractivity contribution in [1.29, 1.82) is 0 Å². The van der Waals surface area contributed by atoms with E-state index in [1.165, 1.54) is 4.90 Å². The van der Waals surface area contributed by atoms with E-state index in [-0.39, 0.29) is 13.1 Å². The fraction of sp³-hybridized carbons (Fsp3) is 0.750. The number of carbonyl (C=O) groups excluding carboxylic acids is 2. The van der Waals surface area contributed by atoms with Crippen LogP contribution in [-0.4, -0.2) is 53.1 Å². The molecule has 7 heteroatoms. The Balaban J connectivity index is 4.39. The van der Waals surface area contributed by atoms with E-state index in [0.29, 0.717) is 6.54 Å². The van der Waals surface area contributed by atoms with Gasteiger partial charge in [0.15, 0.2) is 0 Å². The first-order chi connectivity index (χ1) is 8.66. The number of rotatable bonds is 6. The minimum Gasteiger partial charge on any atom is -0.480 e. The molecular weight excluding hydrogens is 250 g/mol. The molecule has 0 saturated carbocycles. The first-order valence-electron chi connectivity index (χ1n) is 6.21. The number of carboxylic acid groups (broad SMARTS) is 1. The van der Waals surface area contributed by atoms with Gasteiger partial charge in [0.25, 0.3) is 0 Å². The van der Waals surface area contributed by atoms with Gasteiger partial charge < -0.3 is 10.4 Å². The molecule has 0 aliphatic rings. The SMILES string of the molecule is CCCNC(=O)NC(=O)CN(CC(=O)O)C(C)(C)C. The maximum Gasteiger partial charge on any atom is 0.321 e. The van der Waals surface area contributed by atoms with Gasteiger partial charge in [-0.1, -0.05) is 6.92 Å². The van der Waals surface area contributed by atoms with Crippen molar-refractivity contribution in [3.63, 3.8) is 0 Å². The minimum atomic E-state index is -1.02. The molecule has 19 heavy (non-hydrogen) atoms. The topological polar surface area (TPSA) is 98.7 Å². The van der Waals surface area contributed by atoms with Gasteiger partial charge in [-0.3, -0.25) is 19.8 Å². The summed E-state index contributed by atoms with van der Waals surface area (Å²) in [6.07, 6.45) is 0.773. The third-order valence-electron chi connectivity index (χ3n) is 2.40. The van der Waals surface area contributed by atoms with Crippen molar-refractivity contribution in [2.45, 2.75) is 39.7 Å². The van der Waals surface area contributed by atoms with Gasteiger partial charge in [0.05, 0.1) is 13.1 Å². The Labute approximate surface area is 113 Å². The average molecular weight is 273 g/mol. The fourth-order valence-electron chi connectivity index (χ4n) is 1.32. The van der Waals surface area contributed by atoms with Crippen LogP contribution in [-0.2, 0) is 9.59 Å². The summed E-state index contributed by atoms with van der Waals surface area (Å²) in [5.74, 6) is -1.54. The number of hydrogen-bond donors (Lipinski definition) is 3. The molecule has 0 fully saturated rings. The normalized spacial score (nSPS) is 11.2. The van der Waals surface area contributed by atoms with Crippen LogP contribution in [0.1, 0.15) is 34.1 Å². The third kappa shape index (κ3) is 8.15. The van der Waals surface area contributed by atoms with Gasteiger partial charge in [-0.25, -0.2) is 4.79 Å². The van der Waals surface area contributed by atoms with Crippen molar-refractivity contribution < 1.29 is 19.5 Å². The van der Waals surface area contributed by atoms with E-state index in [1.54, 1.807) is 20.8 Å². The lowest BCUT2D eigenvalue weighted by molar-refractivity contribution is -0.140. The number of imide groups is 1. The molecule has 0 aliphatic heterocycles. The first-order valence-corrected chi connectivity index (χ1v) is 6.21. The van der Waals surface area contributed by atoms with Crippen LogP contribution >= 0.6 is 0 Å². The van der Waals surface area contributed by atoms with E-state index < -0.39 is 23.4 Å². The summed E-state index contributed by atoms with van der Waals surface area (Å²) < 4.78 is 0. The highest BCUT2D eigenvalue weighted by atomic mass is 16.4. The number of carboxylic acids is 1. The number of nitrogens with one attached hydrogen (secondary N) is 2. The van der Waals surface area contributed by atoms with Gasteiger partial charge in [0.2, 0.25) is 5.91 Å². The van der Waals surface area contributed by atoms with Gasteiger partial charge in [-0.2, -0.15) is 0 Å². The highest BCUT2D eigenvalue weighted by molar-refractivity contribution is 5.95. The summed E-state index contributed by atoms with van der Waals surface area (Å²) >= 11 is 0. The number of hydrogen-bond acceptors (Lipinski definition) is 4. The summed E-state index contributed by atoms with van der Waals surface area (Å²) in [7, 11) is 0. The van der Waals surface area contributed by atoms with E-state index in [0.717, 1.165) is 6.42 Å². The molecule has 0 aliphatic carbocycles. The van der Waals surface area contributed by atoms with Crippen molar-refractivity contribution >= 4 is 17.9 Å². The molecule has 7 nitrogen and oxygen atoms in total. The van der Waals surface area contributed by atoms with Crippen LogP contribution in [0.25, 0.3) is 0 Å². The second-order valence-electron chi connectivity index (χ2n) is 5.22. The molecule has 0 spiro atoms. The van der Waals surface area contributed by atoms with Crippen LogP contribution in [0.2, 0.25) is 0 Å². The average Bonchev–Trinajstić information content (AvgIpc) is 2.23. The second kappa shape index (κ2) is 7.73. The van der Waals surface area contributed by atoms with Gasteiger partial charge in [0.1, 0.15) is 0 Å².